The van der Waals surface area contributed by atoms with E-state index in [-0.39, 0.29) is 6.10 Å². The number of aliphatic imine (C=N–C) groups is 1. The van der Waals surface area contributed by atoms with E-state index >= 15 is 0 Å². The summed E-state index contributed by atoms with van der Waals surface area (Å²) in [5.41, 5.74) is 0.704. The number of hydrogen-bond acceptors (Lipinski definition) is 5. The third-order valence-corrected chi connectivity index (χ3v) is 4.76. The molecule has 0 spiro atoms. The molecular weight excluding hydrogens is 300 g/mol. The van der Waals surface area contributed by atoms with Gasteiger partial charge in [0.2, 0.25) is 5.90 Å². The summed E-state index contributed by atoms with van der Waals surface area (Å²) in [6, 6.07) is 3.40. The number of aromatic nitrogens is 1. The van der Waals surface area contributed by atoms with Crippen molar-refractivity contribution in [1.82, 2.24) is 4.98 Å². The fourth-order valence-electron chi connectivity index (χ4n) is 1.63. The zero-order chi connectivity index (χ0) is 15.3. The summed E-state index contributed by atoms with van der Waals surface area (Å²) in [6.07, 6.45) is 2.92. The molecule has 1 aromatic heterocycles. The highest BCUT2D eigenvalue weighted by atomic mass is 35.5. The Bertz CT molecular complexity index is 570. The van der Waals surface area contributed by atoms with Crippen LogP contribution in [0.2, 0.25) is 5.15 Å². The van der Waals surface area contributed by atoms with Gasteiger partial charge in [0.05, 0.1) is 16.9 Å². The van der Waals surface area contributed by atoms with Gasteiger partial charge >= 0.3 is 0 Å². The second-order valence-corrected chi connectivity index (χ2v) is 7.55. The molecule has 0 aromatic carbocycles. The molecule has 1 rings (SSSR count). The van der Waals surface area contributed by atoms with Crippen LogP contribution in [0, 0.1) is 0 Å². The SMILES string of the molecule is CN=C(O[C@H](C)C[C@@H](C)S(C)(=O)=O)c1ccc(Cl)nc1. The van der Waals surface area contributed by atoms with Crippen molar-refractivity contribution in [2.45, 2.75) is 31.6 Å². The van der Waals surface area contributed by atoms with Crippen molar-refractivity contribution in [2.75, 3.05) is 13.3 Å². The van der Waals surface area contributed by atoms with Gasteiger partial charge in [-0.05, 0) is 26.0 Å². The maximum absolute atomic E-state index is 11.4. The van der Waals surface area contributed by atoms with Crippen molar-refractivity contribution in [3.05, 3.63) is 29.0 Å². The first kappa shape index (κ1) is 16.9. The van der Waals surface area contributed by atoms with Crippen LogP contribution in [0.15, 0.2) is 23.3 Å². The van der Waals surface area contributed by atoms with Crippen LogP contribution in [-0.4, -0.2) is 44.0 Å². The third-order valence-electron chi connectivity index (χ3n) is 2.88. The summed E-state index contributed by atoms with van der Waals surface area (Å²) in [4.78, 5) is 8.02. The van der Waals surface area contributed by atoms with Gasteiger partial charge in [-0.25, -0.2) is 13.4 Å². The molecule has 0 aliphatic rings. The Hall–Kier alpha value is -1.14. The lowest BCUT2D eigenvalue weighted by atomic mass is 10.2. The summed E-state index contributed by atoms with van der Waals surface area (Å²) >= 11 is 5.73. The molecule has 112 valence electrons. The maximum Gasteiger partial charge on any atom is 0.217 e. The molecule has 7 heteroatoms. The van der Waals surface area contributed by atoms with E-state index in [2.05, 4.69) is 9.98 Å². The van der Waals surface area contributed by atoms with Crippen molar-refractivity contribution in [3.63, 3.8) is 0 Å². The number of halogens is 1. The Balaban J connectivity index is 2.72. The van der Waals surface area contributed by atoms with E-state index in [0.717, 1.165) is 0 Å². The second kappa shape index (κ2) is 7.04. The Labute approximate surface area is 125 Å². The van der Waals surface area contributed by atoms with Crippen molar-refractivity contribution in [1.29, 1.82) is 0 Å². The summed E-state index contributed by atoms with van der Waals surface area (Å²) in [7, 11) is -1.45. The summed E-state index contributed by atoms with van der Waals surface area (Å²) in [5.74, 6) is 0.419. The van der Waals surface area contributed by atoms with Crippen molar-refractivity contribution in [3.8, 4) is 0 Å². The quantitative estimate of drug-likeness (QED) is 0.475. The molecule has 0 radical (unpaired) electrons. The lowest BCUT2D eigenvalue weighted by Crippen LogP contribution is -2.25. The zero-order valence-corrected chi connectivity index (χ0v) is 13.6. The highest BCUT2D eigenvalue weighted by Crippen LogP contribution is 2.13. The summed E-state index contributed by atoms with van der Waals surface area (Å²) in [5, 5.41) is -0.0677. The first-order valence-electron chi connectivity index (χ1n) is 6.18. The molecular formula is C13H19ClN2O3S. The Morgan fingerprint density at radius 3 is 2.55 bits per heavy atom. The molecule has 2 atom stereocenters. The standard InChI is InChI=1S/C13H19ClN2O3S/c1-9(7-10(2)20(4,17)18)19-13(15-3)11-5-6-12(14)16-8-11/h5-6,8-10H,7H2,1-4H3/t9-,10-/m1/s1. The number of nitrogens with zero attached hydrogens (tertiary/aromatic N) is 2. The predicted octanol–water partition coefficient (Wildman–Crippen LogP) is 2.34. The van der Waals surface area contributed by atoms with Gasteiger partial charge in [-0.1, -0.05) is 11.6 Å². The van der Waals surface area contributed by atoms with Gasteiger partial charge in [0.15, 0.2) is 0 Å². The van der Waals surface area contributed by atoms with E-state index in [4.69, 9.17) is 16.3 Å². The van der Waals surface area contributed by atoms with E-state index in [9.17, 15) is 8.42 Å². The maximum atomic E-state index is 11.4. The largest absolute Gasteiger partial charge is 0.474 e. The summed E-state index contributed by atoms with van der Waals surface area (Å²) < 4.78 is 28.5. The number of rotatable bonds is 5. The van der Waals surface area contributed by atoms with Crippen LogP contribution in [-0.2, 0) is 14.6 Å². The van der Waals surface area contributed by atoms with Crippen LogP contribution < -0.4 is 0 Å². The Kier molecular flexibility index (Phi) is 5.95. The molecule has 0 saturated heterocycles. The van der Waals surface area contributed by atoms with Crippen LogP contribution in [0.5, 0.6) is 0 Å². The molecule has 0 unspecified atom stereocenters. The number of sulfone groups is 1. The minimum absolute atomic E-state index is 0.269. The van der Waals surface area contributed by atoms with Crippen LogP contribution in [0.25, 0.3) is 0 Å². The van der Waals surface area contributed by atoms with E-state index in [1.54, 1.807) is 32.3 Å². The van der Waals surface area contributed by atoms with Crippen LogP contribution in [0.1, 0.15) is 25.8 Å². The topological polar surface area (TPSA) is 68.6 Å². The Morgan fingerprint density at radius 2 is 2.10 bits per heavy atom. The first-order valence-corrected chi connectivity index (χ1v) is 8.51. The molecule has 0 aliphatic heterocycles. The van der Waals surface area contributed by atoms with Gasteiger partial charge in [-0.2, -0.15) is 0 Å². The van der Waals surface area contributed by atoms with E-state index < -0.39 is 15.1 Å². The first-order chi connectivity index (χ1) is 9.24. The van der Waals surface area contributed by atoms with Crippen molar-refractivity contribution in [2.24, 2.45) is 4.99 Å². The Morgan fingerprint density at radius 1 is 1.45 bits per heavy atom. The lowest BCUT2D eigenvalue weighted by molar-refractivity contribution is 0.197. The average molecular weight is 319 g/mol. The third kappa shape index (κ3) is 5.09. The summed E-state index contributed by atoms with van der Waals surface area (Å²) in [6.45, 7) is 3.48. The predicted molar refractivity (Wildman–Crippen MR) is 81.2 cm³/mol. The van der Waals surface area contributed by atoms with Crippen molar-refractivity contribution < 1.29 is 13.2 Å². The van der Waals surface area contributed by atoms with Crippen molar-refractivity contribution >= 4 is 27.3 Å². The van der Waals surface area contributed by atoms with E-state index in [1.807, 2.05) is 6.92 Å². The zero-order valence-electron chi connectivity index (χ0n) is 12.0. The minimum atomic E-state index is -3.06. The number of hydrogen-bond donors (Lipinski definition) is 0. The number of ether oxygens (including phenoxy) is 1. The van der Waals surface area contributed by atoms with Gasteiger partial charge in [0, 0.05) is 25.9 Å². The van der Waals surface area contributed by atoms with Gasteiger partial charge in [0.1, 0.15) is 15.0 Å². The molecule has 5 nitrogen and oxygen atoms in total. The fourth-order valence-corrected chi connectivity index (χ4v) is 2.37. The van der Waals surface area contributed by atoms with Crippen LogP contribution in [0.4, 0.5) is 0 Å². The van der Waals surface area contributed by atoms with Gasteiger partial charge in [-0.3, -0.25) is 4.99 Å². The highest BCUT2D eigenvalue weighted by molar-refractivity contribution is 7.91. The smallest absolute Gasteiger partial charge is 0.217 e. The van der Waals surface area contributed by atoms with Crippen LogP contribution >= 0.6 is 11.6 Å². The fraction of sp³-hybridized carbons (Fsp3) is 0.538. The van der Waals surface area contributed by atoms with E-state index in [1.165, 1.54) is 6.26 Å². The van der Waals surface area contributed by atoms with Crippen LogP contribution in [0.3, 0.4) is 0 Å². The molecule has 0 aliphatic carbocycles. The molecule has 1 aromatic rings. The average Bonchev–Trinajstić information content (AvgIpc) is 2.36. The number of pyridine rings is 1. The minimum Gasteiger partial charge on any atom is -0.474 e. The normalized spacial score (nSPS) is 15.8. The van der Waals surface area contributed by atoms with Gasteiger partial charge in [0.25, 0.3) is 0 Å². The molecule has 0 fully saturated rings. The molecule has 0 bridgehead atoms. The monoisotopic (exact) mass is 318 g/mol. The molecule has 1 heterocycles. The van der Waals surface area contributed by atoms with E-state index in [0.29, 0.717) is 23.0 Å². The highest BCUT2D eigenvalue weighted by Gasteiger charge is 2.20. The molecule has 0 N–H and O–H groups in total. The van der Waals surface area contributed by atoms with Gasteiger partial charge < -0.3 is 4.74 Å². The van der Waals surface area contributed by atoms with Gasteiger partial charge in [-0.15, -0.1) is 0 Å². The molecule has 0 saturated carbocycles. The lowest BCUT2D eigenvalue weighted by Gasteiger charge is -2.19. The molecule has 20 heavy (non-hydrogen) atoms. The second-order valence-electron chi connectivity index (χ2n) is 4.70. The molecule has 0 amide bonds.